The predicted molar refractivity (Wildman–Crippen MR) is 69.4 cm³/mol. The molecule has 0 unspecified atom stereocenters. The van der Waals surface area contributed by atoms with E-state index in [9.17, 15) is 9.50 Å². The summed E-state index contributed by atoms with van der Waals surface area (Å²) in [6.07, 6.45) is 0. The van der Waals surface area contributed by atoms with E-state index in [4.69, 9.17) is 9.92 Å². The zero-order valence-electron chi connectivity index (χ0n) is 11.1. The molecule has 0 aliphatic carbocycles. The second kappa shape index (κ2) is 5.09. The molecule has 0 aromatic heterocycles. The Morgan fingerprint density at radius 3 is 2.44 bits per heavy atom. The van der Waals surface area contributed by atoms with Gasteiger partial charge < -0.3 is 9.76 Å². The zero-order chi connectivity index (χ0) is 14.0. The standard InChI is InChI=1S/C13H17BFNO2/c1-12(2,17)13(3,4)18-14-10-5-6-11(15)9(7-10)8-16/h5-7,14,17H,1-4H3. The molecule has 96 valence electrons. The van der Waals surface area contributed by atoms with Gasteiger partial charge in [0.15, 0.2) is 0 Å². The number of halogens is 1. The molecule has 1 rings (SSSR count). The second-order valence-electron chi connectivity index (χ2n) is 5.28. The van der Waals surface area contributed by atoms with Crippen LogP contribution in [0.5, 0.6) is 0 Å². The van der Waals surface area contributed by atoms with Crippen LogP contribution < -0.4 is 5.46 Å². The van der Waals surface area contributed by atoms with Gasteiger partial charge in [-0.05, 0) is 39.8 Å². The topological polar surface area (TPSA) is 53.2 Å². The van der Waals surface area contributed by atoms with Crippen LogP contribution >= 0.6 is 0 Å². The van der Waals surface area contributed by atoms with Gasteiger partial charge in [-0.1, -0.05) is 11.5 Å². The van der Waals surface area contributed by atoms with Crippen LogP contribution in [0.1, 0.15) is 33.3 Å². The van der Waals surface area contributed by atoms with Crippen molar-refractivity contribution in [3.05, 3.63) is 29.6 Å². The zero-order valence-corrected chi connectivity index (χ0v) is 11.1. The van der Waals surface area contributed by atoms with Gasteiger partial charge in [0, 0.05) is 0 Å². The van der Waals surface area contributed by atoms with Crippen molar-refractivity contribution in [3.8, 4) is 6.07 Å². The molecule has 18 heavy (non-hydrogen) atoms. The summed E-state index contributed by atoms with van der Waals surface area (Å²) in [5.41, 5.74) is -1.04. The Kier molecular flexibility index (Phi) is 4.15. The first kappa shape index (κ1) is 14.7. The van der Waals surface area contributed by atoms with Crippen molar-refractivity contribution in [2.24, 2.45) is 0 Å². The van der Waals surface area contributed by atoms with Crippen LogP contribution in [0.2, 0.25) is 0 Å². The van der Waals surface area contributed by atoms with Gasteiger partial charge in [-0.15, -0.1) is 0 Å². The summed E-state index contributed by atoms with van der Waals surface area (Å²) >= 11 is 0. The highest BCUT2D eigenvalue weighted by Gasteiger charge is 2.35. The van der Waals surface area contributed by atoms with E-state index in [1.807, 2.05) is 0 Å². The number of rotatable bonds is 4. The van der Waals surface area contributed by atoms with Crippen molar-refractivity contribution in [2.45, 2.75) is 38.9 Å². The first-order chi connectivity index (χ1) is 8.17. The molecular weight excluding hydrogens is 232 g/mol. The van der Waals surface area contributed by atoms with Crippen LogP contribution in [-0.2, 0) is 4.65 Å². The van der Waals surface area contributed by atoms with Crippen LogP contribution in [0, 0.1) is 17.1 Å². The molecule has 3 nitrogen and oxygen atoms in total. The minimum Gasteiger partial charge on any atom is -0.427 e. The molecule has 0 saturated heterocycles. The van der Waals surface area contributed by atoms with Crippen LogP contribution in [-0.4, -0.2) is 23.8 Å². The van der Waals surface area contributed by atoms with E-state index in [0.29, 0.717) is 5.46 Å². The Hall–Kier alpha value is -1.38. The van der Waals surface area contributed by atoms with Gasteiger partial charge in [-0.25, -0.2) is 4.39 Å². The third-order valence-electron chi connectivity index (χ3n) is 3.22. The number of hydrogen-bond acceptors (Lipinski definition) is 3. The maximum absolute atomic E-state index is 13.1. The fourth-order valence-electron chi connectivity index (χ4n) is 1.19. The second-order valence-corrected chi connectivity index (χ2v) is 5.28. The minimum absolute atomic E-state index is 0.00263. The largest absolute Gasteiger partial charge is 0.427 e. The molecule has 0 bridgehead atoms. The number of benzene rings is 1. The van der Waals surface area contributed by atoms with E-state index < -0.39 is 17.0 Å². The van der Waals surface area contributed by atoms with Crippen LogP contribution in [0.4, 0.5) is 4.39 Å². The first-order valence-electron chi connectivity index (χ1n) is 5.72. The lowest BCUT2D eigenvalue weighted by molar-refractivity contribution is -0.0893. The first-order valence-corrected chi connectivity index (χ1v) is 5.72. The smallest absolute Gasteiger partial charge is 0.309 e. The highest BCUT2D eigenvalue weighted by atomic mass is 19.1. The van der Waals surface area contributed by atoms with Crippen LogP contribution in [0.15, 0.2) is 18.2 Å². The van der Waals surface area contributed by atoms with Gasteiger partial charge in [-0.2, -0.15) is 5.26 Å². The molecule has 1 aromatic carbocycles. The summed E-state index contributed by atoms with van der Waals surface area (Å²) in [7, 11) is 0.214. The van der Waals surface area contributed by atoms with E-state index in [1.54, 1.807) is 39.8 Å². The molecule has 5 heteroatoms. The van der Waals surface area contributed by atoms with Crippen molar-refractivity contribution in [2.75, 3.05) is 0 Å². The molecule has 0 amide bonds. The molecule has 0 fully saturated rings. The fraction of sp³-hybridized carbons (Fsp3) is 0.462. The Morgan fingerprint density at radius 1 is 1.33 bits per heavy atom. The van der Waals surface area contributed by atoms with E-state index in [1.165, 1.54) is 12.1 Å². The lowest BCUT2D eigenvalue weighted by Gasteiger charge is -2.37. The van der Waals surface area contributed by atoms with E-state index in [-0.39, 0.29) is 13.0 Å². The molecule has 0 aliphatic rings. The number of aliphatic hydroxyl groups is 1. The summed E-state index contributed by atoms with van der Waals surface area (Å²) in [4.78, 5) is 0. The van der Waals surface area contributed by atoms with Gasteiger partial charge in [0.1, 0.15) is 11.9 Å². The van der Waals surface area contributed by atoms with Crippen molar-refractivity contribution < 1.29 is 14.2 Å². The molecule has 0 heterocycles. The van der Waals surface area contributed by atoms with E-state index in [2.05, 4.69) is 0 Å². The maximum atomic E-state index is 13.1. The Labute approximate surface area is 107 Å². The normalized spacial score (nSPS) is 12.1. The van der Waals surface area contributed by atoms with Crippen LogP contribution in [0.3, 0.4) is 0 Å². The Balaban J connectivity index is 2.79. The highest BCUT2D eigenvalue weighted by molar-refractivity contribution is 6.47. The third kappa shape index (κ3) is 3.31. The van der Waals surface area contributed by atoms with Gasteiger partial charge in [0.25, 0.3) is 0 Å². The van der Waals surface area contributed by atoms with Gasteiger partial charge in [0.05, 0.1) is 16.8 Å². The monoisotopic (exact) mass is 249 g/mol. The quantitative estimate of drug-likeness (QED) is 0.817. The Morgan fingerprint density at radius 2 is 1.94 bits per heavy atom. The lowest BCUT2D eigenvalue weighted by Crippen LogP contribution is -2.49. The number of nitriles is 1. The lowest BCUT2D eigenvalue weighted by atomic mass is 9.82. The molecule has 0 aliphatic heterocycles. The molecule has 0 radical (unpaired) electrons. The molecular formula is C13H17BFNO2. The third-order valence-corrected chi connectivity index (χ3v) is 3.22. The average molecular weight is 249 g/mol. The minimum atomic E-state index is -0.995. The van der Waals surface area contributed by atoms with E-state index in [0.717, 1.165) is 0 Å². The molecule has 0 saturated carbocycles. The summed E-state index contributed by atoms with van der Waals surface area (Å²) < 4.78 is 18.8. The summed E-state index contributed by atoms with van der Waals surface area (Å²) in [6, 6.07) is 6.05. The highest BCUT2D eigenvalue weighted by Crippen LogP contribution is 2.24. The van der Waals surface area contributed by atoms with Crippen molar-refractivity contribution in [3.63, 3.8) is 0 Å². The van der Waals surface area contributed by atoms with Crippen molar-refractivity contribution in [1.82, 2.24) is 0 Å². The number of nitrogens with zero attached hydrogens (tertiary/aromatic N) is 1. The van der Waals surface area contributed by atoms with Gasteiger partial charge in [0.2, 0.25) is 0 Å². The summed E-state index contributed by atoms with van der Waals surface area (Å²) in [6.45, 7) is 6.89. The van der Waals surface area contributed by atoms with Crippen molar-refractivity contribution in [1.29, 1.82) is 5.26 Å². The average Bonchev–Trinajstić information content (AvgIpc) is 2.26. The maximum Gasteiger partial charge on any atom is 0.309 e. The molecule has 1 N–H and O–H groups in total. The summed E-state index contributed by atoms with van der Waals surface area (Å²) in [5.74, 6) is -0.539. The molecule has 0 atom stereocenters. The van der Waals surface area contributed by atoms with Crippen molar-refractivity contribution >= 4 is 12.9 Å². The SMILES string of the molecule is CC(C)(O)C(C)(C)OBc1ccc(F)c(C#N)c1. The predicted octanol–water partition coefficient (Wildman–Crippen LogP) is 1.24. The van der Waals surface area contributed by atoms with Gasteiger partial charge >= 0.3 is 7.48 Å². The molecule has 1 aromatic rings. The van der Waals surface area contributed by atoms with E-state index >= 15 is 0 Å². The van der Waals surface area contributed by atoms with Crippen LogP contribution in [0.25, 0.3) is 0 Å². The van der Waals surface area contributed by atoms with Gasteiger partial charge in [-0.3, -0.25) is 0 Å². The number of hydrogen-bond donors (Lipinski definition) is 1. The Bertz CT molecular complexity index is 475. The summed E-state index contributed by atoms with van der Waals surface area (Å²) in [5, 5.41) is 18.7. The molecule has 0 spiro atoms. The fourth-order valence-corrected chi connectivity index (χ4v) is 1.19.